The lowest BCUT2D eigenvalue weighted by molar-refractivity contribution is 0.0718. The third-order valence-electron chi connectivity index (χ3n) is 5.85. The number of hydrogen-bond acceptors (Lipinski definition) is 7. The molecule has 0 bridgehead atoms. The summed E-state index contributed by atoms with van der Waals surface area (Å²) in [6.07, 6.45) is 5.18. The molecular weight excluding hydrogens is 354 g/mol. The van der Waals surface area contributed by atoms with Crippen molar-refractivity contribution in [1.82, 2.24) is 29.7 Å². The maximum atomic E-state index is 13.1. The van der Waals surface area contributed by atoms with Crippen molar-refractivity contribution in [2.75, 3.05) is 38.6 Å². The highest BCUT2D eigenvalue weighted by Gasteiger charge is 2.29. The van der Waals surface area contributed by atoms with Crippen molar-refractivity contribution in [2.24, 2.45) is 0 Å². The number of aryl methyl sites for hydroxylation is 1. The Bertz CT molecular complexity index is 898. The molecule has 0 radical (unpaired) electrons. The highest BCUT2D eigenvalue weighted by molar-refractivity contribution is 5.91. The van der Waals surface area contributed by atoms with E-state index in [1.54, 1.807) is 17.3 Å². The fourth-order valence-electron chi connectivity index (χ4n) is 3.92. The molecule has 2 aromatic rings. The van der Waals surface area contributed by atoms with Gasteiger partial charge in [0, 0.05) is 55.7 Å². The van der Waals surface area contributed by atoms with Gasteiger partial charge in [-0.05, 0) is 34.4 Å². The maximum absolute atomic E-state index is 13.1. The van der Waals surface area contributed by atoms with Gasteiger partial charge in [-0.2, -0.15) is 0 Å². The zero-order valence-corrected chi connectivity index (χ0v) is 17.0. The highest BCUT2D eigenvalue weighted by atomic mass is 16.2. The Kier molecular flexibility index (Phi) is 4.97. The molecule has 0 aliphatic carbocycles. The second-order valence-electron chi connectivity index (χ2n) is 7.86. The normalized spacial score (nSPS) is 19.2. The quantitative estimate of drug-likeness (QED) is 0.791. The van der Waals surface area contributed by atoms with Gasteiger partial charge in [-0.15, -0.1) is 0 Å². The van der Waals surface area contributed by atoms with Gasteiger partial charge in [0.25, 0.3) is 5.91 Å². The van der Waals surface area contributed by atoms with Crippen LogP contribution in [0.15, 0.2) is 12.4 Å². The summed E-state index contributed by atoms with van der Waals surface area (Å²) < 4.78 is 0. The van der Waals surface area contributed by atoms with E-state index in [1.807, 2.05) is 13.8 Å². The van der Waals surface area contributed by atoms with Crippen LogP contribution in [0.5, 0.6) is 0 Å². The van der Waals surface area contributed by atoms with Gasteiger partial charge < -0.3 is 14.7 Å². The average Bonchev–Trinajstić information content (AvgIpc) is 3.19. The van der Waals surface area contributed by atoms with Crippen molar-refractivity contribution in [3.63, 3.8) is 0 Å². The molecule has 0 aromatic carbocycles. The lowest BCUT2D eigenvalue weighted by atomic mass is 10.1. The lowest BCUT2D eigenvalue weighted by Crippen LogP contribution is -2.38. The van der Waals surface area contributed by atoms with Crippen molar-refractivity contribution >= 4 is 11.7 Å². The Balaban J connectivity index is 1.59. The summed E-state index contributed by atoms with van der Waals surface area (Å²) in [4.78, 5) is 37.4. The Morgan fingerprint density at radius 2 is 1.86 bits per heavy atom. The van der Waals surface area contributed by atoms with Crippen LogP contribution in [0, 0.1) is 13.8 Å². The van der Waals surface area contributed by atoms with Gasteiger partial charge in [0.1, 0.15) is 5.82 Å². The average molecular weight is 381 g/mol. The fraction of sp³-hybridized carbons (Fsp3) is 0.550. The predicted molar refractivity (Wildman–Crippen MR) is 106 cm³/mol. The number of hydrogen-bond donors (Lipinski definition) is 0. The number of fused-ring (bicyclic) bond motifs is 1. The summed E-state index contributed by atoms with van der Waals surface area (Å²) in [5.41, 5.74) is 3.74. The summed E-state index contributed by atoms with van der Waals surface area (Å²) in [6.45, 7) is 6.93. The number of rotatable bonds is 3. The molecule has 148 valence electrons. The first-order valence-electron chi connectivity index (χ1n) is 9.78. The third-order valence-corrected chi connectivity index (χ3v) is 5.85. The minimum absolute atomic E-state index is 0.135. The molecule has 4 rings (SSSR count). The molecule has 2 aliphatic heterocycles. The van der Waals surface area contributed by atoms with Crippen LogP contribution in [-0.4, -0.2) is 75.4 Å². The zero-order chi connectivity index (χ0) is 19.8. The molecule has 28 heavy (non-hydrogen) atoms. The number of amides is 1. The molecule has 0 spiro atoms. The zero-order valence-electron chi connectivity index (χ0n) is 17.0. The minimum Gasteiger partial charge on any atom is -0.355 e. The first-order valence-corrected chi connectivity index (χ1v) is 9.78. The van der Waals surface area contributed by atoms with Crippen LogP contribution in [0.1, 0.15) is 39.7 Å². The molecule has 0 saturated carbocycles. The van der Waals surface area contributed by atoms with Crippen LogP contribution < -0.4 is 4.90 Å². The summed E-state index contributed by atoms with van der Waals surface area (Å²) in [5, 5.41) is 0. The first-order chi connectivity index (χ1) is 13.4. The second kappa shape index (κ2) is 7.43. The Morgan fingerprint density at radius 3 is 2.57 bits per heavy atom. The van der Waals surface area contributed by atoms with E-state index in [-0.39, 0.29) is 11.7 Å². The Labute approximate surface area is 165 Å². The minimum atomic E-state index is -0.135. The van der Waals surface area contributed by atoms with E-state index in [2.05, 4.69) is 38.8 Å². The van der Waals surface area contributed by atoms with E-state index in [4.69, 9.17) is 4.98 Å². The number of aromatic nitrogens is 4. The molecule has 1 saturated heterocycles. The standard InChI is InChI=1S/C20H27N7O/c1-13-14(2)23-18(24-19(13)26-9-5-15(11-26)25(3)4)20(28)27-10-6-16-17(12-27)22-8-7-21-16/h7-8,15H,5-6,9-12H2,1-4H3/t15-/m1/s1. The van der Waals surface area contributed by atoms with Crippen LogP contribution >= 0.6 is 0 Å². The molecule has 2 aliphatic rings. The largest absolute Gasteiger partial charge is 0.355 e. The SMILES string of the molecule is Cc1nc(C(=O)N2CCc3nccnc3C2)nc(N2CC[C@@H](N(C)C)C2)c1C. The number of anilines is 1. The predicted octanol–water partition coefficient (Wildman–Crippen LogP) is 1.22. The molecule has 1 atom stereocenters. The van der Waals surface area contributed by atoms with Crippen LogP contribution in [0.25, 0.3) is 0 Å². The summed E-state index contributed by atoms with van der Waals surface area (Å²) in [7, 11) is 4.22. The van der Waals surface area contributed by atoms with Crippen LogP contribution in [-0.2, 0) is 13.0 Å². The van der Waals surface area contributed by atoms with Crippen molar-refractivity contribution in [3.8, 4) is 0 Å². The van der Waals surface area contributed by atoms with E-state index in [9.17, 15) is 4.79 Å². The van der Waals surface area contributed by atoms with Crippen LogP contribution in [0.2, 0.25) is 0 Å². The maximum Gasteiger partial charge on any atom is 0.292 e. The Morgan fingerprint density at radius 1 is 1.11 bits per heavy atom. The van der Waals surface area contributed by atoms with Crippen molar-refractivity contribution in [2.45, 2.75) is 39.3 Å². The van der Waals surface area contributed by atoms with Crippen LogP contribution in [0.4, 0.5) is 5.82 Å². The lowest BCUT2D eigenvalue weighted by Gasteiger charge is -2.27. The van der Waals surface area contributed by atoms with E-state index >= 15 is 0 Å². The topological polar surface area (TPSA) is 78.3 Å². The monoisotopic (exact) mass is 381 g/mol. The number of carbonyl (C=O) groups excluding carboxylic acids is 1. The number of likely N-dealkylation sites (N-methyl/N-ethyl adjacent to an activating group) is 1. The van der Waals surface area contributed by atoms with E-state index < -0.39 is 0 Å². The molecular formula is C20H27N7O. The fourth-order valence-corrected chi connectivity index (χ4v) is 3.92. The number of nitrogens with zero attached hydrogens (tertiary/aromatic N) is 7. The van der Waals surface area contributed by atoms with Crippen molar-refractivity contribution in [3.05, 3.63) is 40.9 Å². The molecule has 8 nitrogen and oxygen atoms in total. The molecule has 1 fully saturated rings. The molecule has 2 aromatic heterocycles. The molecule has 4 heterocycles. The van der Waals surface area contributed by atoms with Gasteiger partial charge in [-0.1, -0.05) is 0 Å². The van der Waals surface area contributed by atoms with Gasteiger partial charge in [-0.3, -0.25) is 14.8 Å². The smallest absolute Gasteiger partial charge is 0.292 e. The van der Waals surface area contributed by atoms with Crippen molar-refractivity contribution in [1.29, 1.82) is 0 Å². The van der Waals surface area contributed by atoms with Crippen LogP contribution in [0.3, 0.4) is 0 Å². The summed E-state index contributed by atoms with van der Waals surface area (Å²) in [6, 6.07) is 0.506. The Hall–Kier alpha value is -2.61. The highest BCUT2D eigenvalue weighted by Crippen LogP contribution is 2.26. The van der Waals surface area contributed by atoms with Gasteiger partial charge in [0.05, 0.1) is 17.9 Å². The molecule has 8 heteroatoms. The second-order valence-corrected chi connectivity index (χ2v) is 7.86. The van der Waals surface area contributed by atoms with E-state index in [0.29, 0.717) is 25.6 Å². The molecule has 0 unspecified atom stereocenters. The van der Waals surface area contributed by atoms with Crippen molar-refractivity contribution < 1.29 is 4.79 Å². The van der Waals surface area contributed by atoms with Gasteiger partial charge in [-0.25, -0.2) is 9.97 Å². The van der Waals surface area contributed by atoms with Gasteiger partial charge >= 0.3 is 0 Å². The van der Waals surface area contributed by atoms with Gasteiger partial charge in [0.15, 0.2) is 0 Å². The molecule has 0 N–H and O–H groups in total. The van der Waals surface area contributed by atoms with E-state index in [1.165, 1.54) is 0 Å². The molecule has 1 amide bonds. The summed E-state index contributed by atoms with van der Waals surface area (Å²) in [5.74, 6) is 1.03. The summed E-state index contributed by atoms with van der Waals surface area (Å²) >= 11 is 0. The van der Waals surface area contributed by atoms with Gasteiger partial charge in [0.2, 0.25) is 5.82 Å². The third kappa shape index (κ3) is 3.44. The van der Waals surface area contributed by atoms with E-state index in [0.717, 1.165) is 48.0 Å². The first kappa shape index (κ1) is 18.7. The number of carbonyl (C=O) groups is 1.